The van der Waals surface area contributed by atoms with Gasteiger partial charge in [0.1, 0.15) is 17.4 Å². The van der Waals surface area contributed by atoms with Crippen molar-refractivity contribution in [2.45, 2.75) is 12.2 Å². The van der Waals surface area contributed by atoms with E-state index in [4.69, 9.17) is 4.42 Å². The highest BCUT2D eigenvalue weighted by molar-refractivity contribution is 7.99. The van der Waals surface area contributed by atoms with Crippen LogP contribution in [0.4, 0.5) is 4.39 Å². The predicted octanol–water partition coefficient (Wildman–Crippen LogP) is 3.46. The second-order valence-electron chi connectivity index (χ2n) is 3.88. The number of rotatable bonds is 6. The molecule has 0 bridgehead atoms. The first-order valence-corrected chi connectivity index (χ1v) is 6.76. The van der Waals surface area contributed by atoms with Gasteiger partial charge in [0, 0.05) is 6.42 Å². The molecule has 0 aliphatic carbocycles. The molecule has 1 aromatic carbocycles. The monoisotopic (exact) mass is 264 g/mol. The van der Waals surface area contributed by atoms with E-state index in [-0.39, 0.29) is 18.0 Å². The van der Waals surface area contributed by atoms with Gasteiger partial charge in [-0.25, -0.2) is 4.39 Å². The van der Waals surface area contributed by atoms with E-state index in [0.29, 0.717) is 17.1 Å². The molecule has 0 saturated heterocycles. The van der Waals surface area contributed by atoms with Crippen molar-refractivity contribution in [3.8, 4) is 0 Å². The molecule has 1 heterocycles. The standard InChI is InChI=1S/C14H13FO2S/c15-14-6-2-1-4-11(14)8-12(16)9-18-10-13-5-3-7-17-13/h1-7H,8-10H2. The van der Waals surface area contributed by atoms with Gasteiger partial charge in [0.05, 0.1) is 17.8 Å². The summed E-state index contributed by atoms with van der Waals surface area (Å²) in [6, 6.07) is 10.1. The molecule has 0 atom stereocenters. The average Bonchev–Trinajstić information content (AvgIpc) is 2.85. The second-order valence-corrected chi connectivity index (χ2v) is 4.86. The molecular weight excluding hydrogens is 251 g/mol. The lowest BCUT2D eigenvalue weighted by molar-refractivity contribution is -0.116. The number of halogens is 1. The highest BCUT2D eigenvalue weighted by Gasteiger charge is 2.08. The minimum Gasteiger partial charge on any atom is -0.468 e. The summed E-state index contributed by atoms with van der Waals surface area (Å²) in [6.45, 7) is 0. The van der Waals surface area contributed by atoms with Gasteiger partial charge in [-0.3, -0.25) is 4.79 Å². The zero-order valence-electron chi connectivity index (χ0n) is 9.77. The van der Waals surface area contributed by atoms with Crippen molar-refractivity contribution in [3.63, 3.8) is 0 Å². The van der Waals surface area contributed by atoms with Crippen molar-refractivity contribution in [2.24, 2.45) is 0 Å². The molecule has 4 heteroatoms. The van der Waals surface area contributed by atoms with Crippen molar-refractivity contribution in [2.75, 3.05) is 5.75 Å². The Morgan fingerprint density at radius 2 is 2.06 bits per heavy atom. The lowest BCUT2D eigenvalue weighted by Crippen LogP contribution is -2.07. The molecular formula is C14H13FO2S. The fourth-order valence-corrected chi connectivity index (χ4v) is 2.36. The Morgan fingerprint density at radius 1 is 1.22 bits per heavy atom. The zero-order valence-corrected chi connectivity index (χ0v) is 10.6. The Balaban J connectivity index is 1.77. The van der Waals surface area contributed by atoms with Gasteiger partial charge in [-0.1, -0.05) is 18.2 Å². The Morgan fingerprint density at radius 3 is 2.78 bits per heavy atom. The summed E-state index contributed by atoms with van der Waals surface area (Å²) in [5.74, 6) is 1.59. The lowest BCUT2D eigenvalue weighted by atomic mass is 10.1. The molecule has 0 spiro atoms. The number of carbonyl (C=O) groups excluding carboxylic acids is 1. The second kappa shape index (κ2) is 6.40. The van der Waals surface area contributed by atoms with Crippen LogP contribution < -0.4 is 0 Å². The summed E-state index contributed by atoms with van der Waals surface area (Å²) < 4.78 is 18.5. The van der Waals surface area contributed by atoms with Crippen LogP contribution in [-0.4, -0.2) is 11.5 Å². The highest BCUT2D eigenvalue weighted by Crippen LogP contribution is 2.14. The Hall–Kier alpha value is -1.55. The van der Waals surface area contributed by atoms with Crippen LogP contribution in [0.3, 0.4) is 0 Å². The number of furan rings is 1. The molecule has 0 aliphatic heterocycles. The van der Waals surface area contributed by atoms with Crippen LogP contribution in [0, 0.1) is 5.82 Å². The van der Waals surface area contributed by atoms with E-state index in [1.54, 1.807) is 24.5 Å². The summed E-state index contributed by atoms with van der Waals surface area (Å²) in [7, 11) is 0. The smallest absolute Gasteiger partial charge is 0.147 e. The first-order chi connectivity index (χ1) is 8.75. The molecule has 0 fully saturated rings. The molecule has 94 valence electrons. The van der Waals surface area contributed by atoms with Gasteiger partial charge in [-0.2, -0.15) is 0 Å². The van der Waals surface area contributed by atoms with Crippen molar-refractivity contribution >= 4 is 17.5 Å². The summed E-state index contributed by atoms with van der Waals surface area (Å²) in [4.78, 5) is 11.7. The third kappa shape index (κ3) is 3.74. The molecule has 18 heavy (non-hydrogen) atoms. The van der Waals surface area contributed by atoms with Gasteiger partial charge in [-0.05, 0) is 23.8 Å². The van der Waals surface area contributed by atoms with E-state index in [1.165, 1.54) is 17.8 Å². The van der Waals surface area contributed by atoms with E-state index in [1.807, 2.05) is 12.1 Å². The summed E-state index contributed by atoms with van der Waals surface area (Å²) >= 11 is 1.48. The summed E-state index contributed by atoms with van der Waals surface area (Å²) in [5, 5.41) is 0. The topological polar surface area (TPSA) is 30.2 Å². The number of hydrogen-bond donors (Lipinski definition) is 0. The van der Waals surface area contributed by atoms with Crippen LogP contribution in [0.5, 0.6) is 0 Å². The maximum Gasteiger partial charge on any atom is 0.147 e. The van der Waals surface area contributed by atoms with E-state index in [2.05, 4.69) is 0 Å². The molecule has 0 amide bonds. The zero-order chi connectivity index (χ0) is 12.8. The van der Waals surface area contributed by atoms with Gasteiger partial charge in [0.25, 0.3) is 0 Å². The average molecular weight is 264 g/mol. The minimum absolute atomic E-state index is 0.0247. The van der Waals surface area contributed by atoms with Crippen LogP contribution in [0.15, 0.2) is 47.1 Å². The molecule has 0 radical (unpaired) electrons. The van der Waals surface area contributed by atoms with Crippen LogP contribution in [0.1, 0.15) is 11.3 Å². The predicted molar refractivity (Wildman–Crippen MR) is 70.0 cm³/mol. The molecule has 2 rings (SSSR count). The minimum atomic E-state index is -0.318. The first-order valence-electron chi connectivity index (χ1n) is 5.61. The van der Waals surface area contributed by atoms with Crippen molar-refractivity contribution in [3.05, 3.63) is 59.8 Å². The number of Topliss-reactive ketones (excluding diaryl/α,β-unsaturated/α-hetero) is 1. The molecule has 1 aromatic heterocycles. The number of hydrogen-bond acceptors (Lipinski definition) is 3. The molecule has 0 unspecified atom stereocenters. The molecule has 0 aliphatic rings. The third-order valence-electron chi connectivity index (χ3n) is 2.43. The maximum atomic E-state index is 13.3. The fraction of sp³-hybridized carbons (Fsp3) is 0.214. The van der Waals surface area contributed by atoms with Gasteiger partial charge >= 0.3 is 0 Å². The Kier molecular flexibility index (Phi) is 4.59. The van der Waals surface area contributed by atoms with Gasteiger partial charge in [0.2, 0.25) is 0 Å². The maximum absolute atomic E-state index is 13.3. The molecule has 2 aromatic rings. The largest absolute Gasteiger partial charge is 0.468 e. The van der Waals surface area contributed by atoms with E-state index in [9.17, 15) is 9.18 Å². The Labute approximate surface area is 109 Å². The Bertz CT molecular complexity index is 508. The van der Waals surface area contributed by atoms with Gasteiger partial charge < -0.3 is 4.42 Å². The first kappa shape index (κ1) is 12.9. The lowest BCUT2D eigenvalue weighted by Gasteiger charge is -2.02. The third-order valence-corrected chi connectivity index (χ3v) is 3.45. The molecule has 0 N–H and O–H groups in total. The number of ketones is 1. The van der Waals surface area contributed by atoms with E-state index >= 15 is 0 Å². The SMILES string of the molecule is O=C(CSCc1ccco1)Cc1ccccc1F. The van der Waals surface area contributed by atoms with Crippen LogP contribution in [0.25, 0.3) is 0 Å². The van der Waals surface area contributed by atoms with Gasteiger partial charge in [-0.15, -0.1) is 11.8 Å². The molecule has 2 nitrogen and oxygen atoms in total. The summed E-state index contributed by atoms with van der Waals surface area (Å²) in [6.07, 6.45) is 1.76. The highest BCUT2D eigenvalue weighted by atomic mass is 32.2. The van der Waals surface area contributed by atoms with Crippen LogP contribution in [-0.2, 0) is 17.0 Å². The van der Waals surface area contributed by atoms with Crippen LogP contribution >= 0.6 is 11.8 Å². The normalized spacial score (nSPS) is 10.5. The van der Waals surface area contributed by atoms with Crippen molar-refractivity contribution in [1.29, 1.82) is 0 Å². The summed E-state index contributed by atoms with van der Waals surface area (Å²) in [5.41, 5.74) is 0.459. The van der Waals surface area contributed by atoms with Crippen LogP contribution in [0.2, 0.25) is 0 Å². The fourth-order valence-electron chi connectivity index (χ4n) is 1.57. The van der Waals surface area contributed by atoms with Crippen molar-refractivity contribution < 1.29 is 13.6 Å². The number of thioether (sulfide) groups is 1. The van der Waals surface area contributed by atoms with Gasteiger partial charge in [0.15, 0.2) is 0 Å². The number of benzene rings is 1. The van der Waals surface area contributed by atoms with E-state index < -0.39 is 0 Å². The van der Waals surface area contributed by atoms with Crippen molar-refractivity contribution in [1.82, 2.24) is 0 Å². The number of carbonyl (C=O) groups is 1. The quantitative estimate of drug-likeness (QED) is 0.800. The molecule has 0 saturated carbocycles. The van der Waals surface area contributed by atoms with E-state index in [0.717, 1.165) is 5.76 Å².